The lowest BCUT2D eigenvalue weighted by atomic mass is 9.68. The minimum Gasteiger partial charge on any atom is -0.443 e. The molecule has 4 rings (SSSR count). The second kappa shape index (κ2) is 16.0. The summed E-state index contributed by atoms with van der Waals surface area (Å²) in [6, 6.07) is 8.82. The first-order valence-electron chi connectivity index (χ1n) is 16.3. The van der Waals surface area contributed by atoms with Crippen molar-refractivity contribution in [3.05, 3.63) is 47.5 Å². The van der Waals surface area contributed by atoms with Crippen molar-refractivity contribution in [3.8, 4) is 0 Å². The maximum Gasteiger partial charge on any atom is 0.407 e. The third-order valence-electron chi connectivity index (χ3n) is 9.25. The zero-order chi connectivity index (χ0) is 32.5. The Balaban J connectivity index is 1.06. The molecule has 3 aliphatic rings. The summed E-state index contributed by atoms with van der Waals surface area (Å²) in [6.45, 7) is 7.92. The number of amides is 3. The number of ether oxygens (including phenoxy) is 4. The number of unbranched alkanes of at least 4 members (excludes halogenated alkanes) is 3. The van der Waals surface area contributed by atoms with Gasteiger partial charge in [-0.3, -0.25) is 9.59 Å². The quantitative estimate of drug-likeness (QED) is 0.116. The highest BCUT2D eigenvalue weighted by molar-refractivity contribution is 5.87. The van der Waals surface area contributed by atoms with Gasteiger partial charge in [-0.25, -0.2) is 4.79 Å². The van der Waals surface area contributed by atoms with Crippen LogP contribution in [0, 0.1) is 5.92 Å². The molecule has 250 valence electrons. The molecule has 11 heteroatoms. The molecule has 2 aliphatic heterocycles. The zero-order valence-electron chi connectivity index (χ0n) is 27.3. The number of benzene rings is 1. The molecule has 0 radical (unpaired) electrons. The van der Waals surface area contributed by atoms with Crippen molar-refractivity contribution in [1.29, 1.82) is 0 Å². The Morgan fingerprint density at radius 3 is 2.40 bits per heavy atom. The third-order valence-corrected chi connectivity index (χ3v) is 9.25. The van der Waals surface area contributed by atoms with Gasteiger partial charge in [-0.2, -0.15) is 0 Å². The Morgan fingerprint density at radius 2 is 1.76 bits per heavy atom. The van der Waals surface area contributed by atoms with Crippen LogP contribution < -0.4 is 21.7 Å². The second-order valence-corrected chi connectivity index (χ2v) is 13.0. The van der Waals surface area contributed by atoms with Gasteiger partial charge in [0.2, 0.25) is 11.8 Å². The van der Waals surface area contributed by atoms with E-state index in [0.717, 1.165) is 44.1 Å². The molecule has 4 unspecified atom stereocenters. The van der Waals surface area contributed by atoms with Gasteiger partial charge in [-0.15, -0.1) is 0 Å². The van der Waals surface area contributed by atoms with Gasteiger partial charge in [0.15, 0.2) is 0 Å². The molecule has 7 atom stereocenters. The fourth-order valence-corrected chi connectivity index (χ4v) is 6.59. The number of alkyl carbamates (subject to hydrolysis) is 1. The van der Waals surface area contributed by atoms with Crippen LogP contribution in [0.1, 0.15) is 71.3 Å². The van der Waals surface area contributed by atoms with Crippen LogP contribution in [0.2, 0.25) is 0 Å². The number of nitrogens with two attached hydrogens (primary N) is 1. The highest BCUT2D eigenvalue weighted by atomic mass is 16.6. The van der Waals surface area contributed by atoms with Crippen molar-refractivity contribution < 1.29 is 33.3 Å². The van der Waals surface area contributed by atoms with Gasteiger partial charge in [0.25, 0.3) is 0 Å². The predicted molar refractivity (Wildman–Crippen MR) is 170 cm³/mol. The normalized spacial score (nSPS) is 28.9. The Bertz CT molecular complexity index is 1170. The third kappa shape index (κ3) is 9.75. The van der Waals surface area contributed by atoms with Gasteiger partial charge in [0.1, 0.15) is 23.4 Å². The standard InChI is InChI=1S/C34H52N4O7/c1-23(2)14-15-27-33(3,45-27)30-29(42-4)26(16-17-34(30)22-43-34)44-32(41)37-19-11-6-5-10-18-36-28(39)21-38-31(40)25(35)20-24-12-8-7-9-13-24/h7-9,12-14,25-27,29-30H,5-6,10-11,15-22,35H2,1-4H3,(H,36,39)(H,37,41)(H,38,40)/t25-,26?,27+,29?,30?,33?,34-/m0/s1. The van der Waals surface area contributed by atoms with Crippen LogP contribution in [0.25, 0.3) is 0 Å². The summed E-state index contributed by atoms with van der Waals surface area (Å²) in [5.74, 6) is -0.605. The minimum absolute atomic E-state index is 0.00825. The molecule has 1 spiro atoms. The predicted octanol–water partition coefficient (Wildman–Crippen LogP) is 3.15. The SMILES string of the molecule is COC1C(OC(=O)NCCCCCCNC(=O)CNC(=O)[C@@H](N)Cc2ccccc2)CC[C@]2(CO2)C1C1(C)O[C@@H]1CC=C(C)C. The summed E-state index contributed by atoms with van der Waals surface area (Å²) in [7, 11) is 1.67. The number of rotatable bonds is 17. The average molecular weight is 629 g/mol. The number of nitrogens with one attached hydrogen (secondary N) is 3. The number of carbonyl (C=O) groups is 3. The molecule has 1 aromatic carbocycles. The van der Waals surface area contributed by atoms with Gasteiger partial charge >= 0.3 is 6.09 Å². The van der Waals surface area contributed by atoms with E-state index in [-0.39, 0.29) is 53.8 Å². The van der Waals surface area contributed by atoms with Crippen LogP contribution in [0.5, 0.6) is 0 Å². The Hall–Kier alpha value is -2.99. The van der Waals surface area contributed by atoms with Crippen molar-refractivity contribution in [2.75, 3.05) is 33.4 Å². The highest BCUT2D eigenvalue weighted by Crippen LogP contribution is 2.59. The number of hydrogen-bond donors (Lipinski definition) is 4. The fourth-order valence-electron chi connectivity index (χ4n) is 6.59. The number of carbonyl (C=O) groups excluding carboxylic acids is 3. The molecule has 11 nitrogen and oxygen atoms in total. The lowest BCUT2D eigenvalue weighted by Gasteiger charge is -2.42. The zero-order valence-corrected chi connectivity index (χ0v) is 27.3. The van der Waals surface area contributed by atoms with E-state index < -0.39 is 12.1 Å². The summed E-state index contributed by atoms with van der Waals surface area (Å²) in [5.41, 5.74) is 7.57. The van der Waals surface area contributed by atoms with E-state index >= 15 is 0 Å². The Kier molecular flexibility index (Phi) is 12.4. The first-order chi connectivity index (χ1) is 21.6. The molecular weight excluding hydrogens is 576 g/mol. The fraction of sp³-hybridized carbons (Fsp3) is 0.676. The lowest BCUT2D eigenvalue weighted by molar-refractivity contribution is -0.126. The van der Waals surface area contributed by atoms with Crippen LogP contribution in [-0.4, -0.2) is 86.8 Å². The summed E-state index contributed by atoms with van der Waals surface area (Å²) in [5, 5.41) is 8.29. The molecule has 1 aliphatic carbocycles. The average Bonchev–Trinajstić information content (AvgIpc) is 3.94. The molecule has 45 heavy (non-hydrogen) atoms. The minimum atomic E-state index is -0.706. The summed E-state index contributed by atoms with van der Waals surface area (Å²) in [4.78, 5) is 36.9. The van der Waals surface area contributed by atoms with E-state index in [2.05, 4.69) is 42.8 Å². The van der Waals surface area contributed by atoms with Crippen LogP contribution in [0.3, 0.4) is 0 Å². The summed E-state index contributed by atoms with van der Waals surface area (Å²) < 4.78 is 24.0. The highest BCUT2D eigenvalue weighted by Gasteiger charge is 2.72. The molecule has 5 N–H and O–H groups in total. The van der Waals surface area contributed by atoms with Crippen LogP contribution >= 0.6 is 0 Å². The second-order valence-electron chi connectivity index (χ2n) is 13.0. The van der Waals surface area contributed by atoms with Gasteiger partial charge in [0.05, 0.1) is 31.2 Å². The van der Waals surface area contributed by atoms with E-state index in [4.69, 9.17) is 24.7 Å². The largest absolute Gasteiger partial charge is 0.443 e. The number of hydrogen-bond acceptors (Lipinski definition) is 8. The molecule has 2 heterocycles. The van der Waals surface area contributed by atoms with Crippen molar-refractivity contribution in [1.82, 2.24) is 16.0 Å². The van der Waals surface area contributed by atoms with Gasteiger partial charge in [-0.05, 0) is 64.9 Å². The van der Waals surface area contributed by atoms with Crippen LogP contribution in [0.15, 0.2) is 42.0 Å². The van der Waals surface area contributed by atoms with Crippen molar-refractivity contribution in [2.24, 2.45) is 11.7 Å². The topological polar surface area (TPSA) is 157 Å². The Morgan fingerprint density at radius 1 is 1.07 bits per heavy atom. The maximum absolute atomic E-state index is 12.7. The first kappa shape index (κ1) is 34.9. The molecule has 3 fully saturated rings. The molecular formula is C34H52N4O7. The van der Waals surface area contributed by atoms with Crippen LogP contribution in [0.4, 0.5) is 4.79 Å². The van der Waals surface area contributed by atoms with E-state index in [1.165, 1.54) is 5.57 Å². The Labute approximate surface area is 267 Å². The molecule has 3 amide bonds. The number of epoxide rings is 2. The number of allylic oxidation sites excluding steroid dienone is 1. The van der Waals surface area contributed by atoms with Crippen molar-refractivity contribution in [3.63, 3.8) is 0 Å². The summed E-state index contributed by atoms with van der Waals surface area (Å²) in [6.07, 6.45) is 7.36. The van der Waals surface area contributed by atoms with E-state index in [1.54, 1.807) is 7.11 Å². The lowest BCUT2D eigenvalue weighted by Crippen LogP contribution is -2.56. The first-order valence-corrected chi connectivity index (χ1v) is 16.3. The monoisotopic (exact) mass is 628 g/mol. The van der Waals surface area contributed by atoms with Crippen molar-refractivity contribution in [2.45, 2.75) is 108 Å². The molecule has 0 bridgehead atoms. The maximum atomic E-state index is 12.7. The van der Waals surface area contributed by atoms with Gasteiger partial charge < -0.3 is 40.6 Å². The van der Waals surface area contributed by atoms with Gasteiger partial charge in [-0.1, -0.05) is 54.8 Å². The summed E-state index contributed by atoms with van der Waals surface area (Å²) >= 11 is 0. The van der Waals surface area contributed by atoms with Crippen LogP contribution in [-0.2, 0) is 35.0 Å². The molecule has 0 aromatic heterocycles. The van der Waals surface area contributed by atoms with Crippen molar-refractivity contribution >= 4 is 17.9 Å². The van der Waals surface area contributed by atoms with E-state index in [9.17, 15) is 14.4 Å². The smallest absolute Gasteiger partial charge is 0.407 e. The van der Waals surface area contributed by atoms with E-state index in [0.29, 0.717) is 32.5 Å². The molecule has 1 aromatic rings. The molecule has 1 saturated carbocycles. The number of methoxy groups -OCH3 is 1. The molecule has 2 saturated heterocycles. The van der Waals surface area contributed by atoms with Gasteiger partial charge in [0, 0.05) is 20.2 Å². The van der Waals surface area contributed by atoms with E-state index in [1.807, 2.05) is 30.3 Å².